The predicted molar refractivity (Wildman–Crippen MR) is 181 cm³/mol. The number of nitriles is 1. The Labute approximate surface area is 273 Å². The van der Waals surface area contributed by atoms with Gasteiger partial charge in [0.15, 0.2) is 11.5 Å². The number of nitrogens with one attached hydrogen (secondary N) is 1. The van der Waals surface area contributed by atoms with E-state index in [-0.39, 0.29) is 5.57 Å². The van der Waals surface area contributed by atoms with Gasteiger partial charge in [-0.25, -0.2) is 0 Å². The number of nitrogens with zero attached hydrogens (tertiary/aromatic N) is 1. The van der Waals surface area contributed by atoms with E-state index >= 15 is 0 Å². The molecule has 6 nitrogen and oxygen atoms in total. The van der Waals surface area contributed by atoms with Crippen LogP contribution in [0.15, 0.2) is 118 Å². The lowest BCUT2D eigenvalue weighted by molar-refractivity contribution is -0.112. The smallest absolute Gasteiger partial charge is 0.266 e. The summed E-state index contributed by atoms with van der Waals surface area (Å²) in [6.45, 7) is 3.07. The molecular weight excluding hydrogens is 684 g/mol. The molecule has 0 spiro atoms. The first-order chi connectivity index (χ1) is 21.4. The van der Waals surface area contributed by atoms with E-state index in [1.807, 2.05) is 61.5 Å². The van der Waals surface area contributed by atoms with Gasteiger partial charge in [0.25, 0.3) is 5.91 Å². The minimum atomic E-state index is -0.526. The standard InChI is InChI=1S/C36H28Br2N2O4/c1-2-42-34-20-25(19-33(38)35(34)44-23-27-8-5-7-26-6-3-4-9-32(26)27)18-28(21-39)36(41)40-30-14-16-31(17-15-30)43-22-24-10-12-29(37)13-11-24/h3-20H,2,22-23H2,1H3,(H,40,41)/b28-18+. The van der Waals surface area contributed by atoms with Crippen molar-refractivity contribution in [2.24, 2.45) is 0 Å². The number of rotatable bonds is 11. The zero-order chi connectivity index (χ0) is 30.9. The zero-order valence-electron chi connectivity index (χ0n) is 23.8. The molecule has 0 aromatic heterocycles. The largest absolute Gasteiger partial charge is 0.490 e. The molecule has 220 valence electrons. The fraction of sp³-hybridized carbons (Fsp3) is 0.111. The first-order valence-corrected chi connectivity index (χ1v) is 15.5. The second-order valence-corrected chi connectivity index (χ2v) is 11.5. The van der Waals surface area contributed by atoms with Gasteiger partial charge in [-0.05, 0) is 105 Å². The Morgan fingerprint density at radius 3 is 2.36 bits per heavy atom. The van der Waals surface area contributed by atoms with E-state index < -0.39 is 5.91 Å². The number of hydrogen-bond donors (Lipinski definition) is 1. The fourth-order valence-corrected chi connectivity index (χ4v) is 5.38. The van der Waals surface area contributed by atoms with Crippen molar-refractivity contribution < 1.29 is 19.0 Å². The van der Waals surface area contributed by atoms with E-state index in [1.165, 1.54) is 6.08 Å². The average Bonchev–Trinajstić information content (AvgIpc) is 3.04. The van der Waals surface area contributed by atoms with Crippen LogP contribution < -0.4 is 19.5 Å². The minimum Gasteiger partial charge on any atom is -0.490 e. The van der Waals surface area contributed by atoms with E-state index in [0.717, 1.165) is 26.4 Å². The Bertz CT molecular complexity index is 1840. The van der Waals surface area contributed by atoms with E-state index in [1.54, 1.807) is 36.4 Å². The molecule has 0 atom stereocenters. The Hall–Kier alpha value is -4.58. The zero-order valence-corrected chi connectivity index (χ0v) is 27.0. The molecule has 0 saturated heterocycles. The van der Waals surface area contributed by atoms with Crippen LogP contribution in [0.1, 0.15) is 23.6 Å². The highest BCUT2D eigenvalue weighted by Crippen LogP contribution is 2.38. The van der Waals surface area contributed by atoms with Gasteiger partial charge >= 0.3 is 0 Å². The van der Waals surface area contributed by atoms with E-state index in [0.29, 0.717) is 52.8 Å². The molecule has 0 aliphatic heterocycles. The third kappa shape index (κ3) is 7.87. The van der Waals surface area contributed by atoms with Crippen molar-refractivity contribution >= 4 is 60.3 Å². The number of carbonyl (C=O) groups excluding carboxylic acids is 1. The van der Waals surface area contributed by atoms with Gasteiger partial charge in [-0.15, -0.1) is 0 Å². The molecule has 5 rings (SSSR count). The normalized spacial score (nSPS) is 11.1. The number of benzene rings is 5. The predicted octanol–water partition coefficient (Wildman–Crippen LogP) is 9.47. The summed E-state index contributed by atoms with van der Waals surface area (Å²) in [6, 6.07) is 34.7. The van der Waals surface area contributed by atoms with Gasteiger partial charge in [-0.2, -0.15) is 5.26 Å². The van der Waals surface area contributed by atoms with Crippen LogP contribution in [0.2, 0.25) is 0 Å². The maximum atomic E-state index is 13.0. The summed E-state index contributed by atoms with van der Waals surface area (Å²) in [5.74, 6) is 1.19. The number of hydrogen-bond acceptors (Lipinski definition) is 5. The van der Waals surface area contributed by atoms with E-state index in [4.69, 9.17) is 14.2 Å². The summed E-state index contributed by atoms with van der Waals surface area (Å²) in [6.07, 6.45) is 1.52. The summed E-state index contributed by atoms with van der Waals surface area (Å²) in [5, 5.41) is 14.8. The van der Waals surface area contributed by atoms with E-state index in [9.17, 15) is 10.1 Å². The third-order valence-corrected chi connectivity index (χ3v) is 7.81. The highest BCUT2D eigenvalue weighted by Gasteiger charge is 2.15. The van der Waals surface area contributed by atoms with Gasteiger partial charge in [0.2, 0.25) is 0 Å². The molecule has 5 aromatic carbocycles. The van der Waals surface area contributed by atoms with E-state index in [2.05, 4.69) is 55.4 Å². The van der Waals surface area contributed by atoms with Crippen molar-refractivity contribution in [3.05, 3.63) is 134 Å². The van der Waals surface area contributed by atoms with Crippen LogP contribution in [0.25, 0.3) is 16.8 Å². The second kappa shape index (κ2) is 14.7. The highest BCUT2D eigenvalue weighted by atomic mass is 79.9. The first-order valence-electron chi connectivity index (χ1n) is 13.9. The molecular formula is C36H28Br2N2O4. The first kappa shape index (κ1) is 30.9. The molecule has 1 N–H and O–H groups in total. The Morgan fingerprint density at radius 2 is 1.61 bits per heavy atom. The van der Waals surface area contributed by atoms with Crippen molar-refractivity contribution in [1.29, 1.82) is 5.26 Å². The van der Waals surface area contributed by atoms with Gasteiger partial charge in [0.1, 0.15) is 30.6 Å². The van der Waals surface area contributed by atoms with Gasteiger partial charge in [0.05, 0.1) is 11.1 Å². The average molecular weight is 712 g/mol. The highest BCUT2D eigenvalue weighted by molar-refractivity contribution is 9.10. The van der Waals surface area contributed by atoms with Crippen molar-refractivity contribution in [2.45, 2.75) is 20.1 Å². The number of anilines is 1. The molecule has 0 radical (unpaired) electrons. The van der Waals surface area contributed by atoms with Crippen molar-refractivity contribution in [2.75, 3.05) is 11.9 Å². The Kier molecular flexibility index (Phi) is 10.3. The van der Waals surface area contributed by atoms with Crippen LogP contribution in [-0.4, -0.2) is 12.5 Å². The number of ether oxygens (including phenoxy) is 3. The molecule has 0 bridgehead atoms. The third-order valence-electron chi connectivity index (χ3n) is 6.69. The molecule has 0 aliphatic rings. The topological polar surface area (TPSA) is 80.6 Å². The number of amides is 1. The lowest BCUT2D eigenvalue weighted by Crippen LogP contribution is -2.13. The van der Waals surface area contributed by atoms with Crippen LogP contribution in [0.5, 0.6) is 17.2 Å². The lowest BCUT2D eigenvalue weighted by Gasteiger charge is -2.16. The van der Waals surface area contributed by atoms with Crippen molar-refractivity contribution in [3.63, 3.8) is 0 Å². The van der Waals surface area contributed by atoms with Gasteiger partial charge in [-0.3, -0.25) is 4.79 Å². The summed E-state index contributed by atoms with van der Waals surface area (Å²) < 4.78 is 19.6. The Balaban J connectivity index is 1.27. The number of halogens is 2. The summed E-state index contributed by atoms with van der Waals surface area (Å²) in [4.78, 5) is 13.0. The summed E-state index contributed by atoms with van der Waals surface area (Å²) in [5.41, 5.74) is 3.19. The monoisotopic (exact) mass is 710 g/mol. The van der Waals surface area contributed by atoms with Gasteiger partial charge in [0, 0.05) is 10.2 Å². The molecule has 1 amide bonds. The second-order valence-electron chi connectivity index (χ2n) is 9.75. The molecule has 0 saturated carbocycles. The maximum absolute atomic E-state index is 13.0. The maximum Gasteiger partial charge on any atom is 0.266 e. The van der Waals surface area contributed by atoms with Crippen LogP contribution in [0.3, 0.4) is 0 Å². The Morgan fingerprint density at radius 1 is 0.864 bits per heavy atom. The molecule has 0 unspecified atom stereocenters. The number of carbonyl (C=O) groups is 1. The summed E-state index contributed by atoms with van der Waals surface area (Å²) >= 11 is 7.02. The van der Waals surface area contributed by atoms with Crippen LogP contribution in [0.4, 0.5) is 5.69 Å². The molecule has 44 heavy (non-hydrogen) atoms. The molecule has 0 heterocycles. The number of fused-ring (bicyclic) bond motifs is 1. The van der Waals surface area contributed by atoms with Crippen molar-refractivity contribution in [1.82, 2.24) is 0 Å². The van der Waals surface area contributed by atoms with Crippen LogP contribution in [0, 0.1) is 11.3 Å². The minimum absolute atomic E-state index is 0.0562. The fourth-order valence-electron chi connectivity index (χ4n) is 4.54. The van der Waals surface area contributed by atoms with Crippen LogP contribution in [-0.2, 0) is 18.0 Å². The lowest BCUT2D eigenvalue weighted by atomic mass is 10.1. The molecule has 5 aromatic rings. The summed E-state index contributed by atoms with van der Waals surface area (Å²) in [7, 11) is 0. The SMILES string of the molecule is CCOc1cc(/C=C(\C#N)C(=O)Nc2ccc(OCc3ccc(Br)cc3)cc2)cc(Br)c1OCc1cccc2ccccc12. The van der Waals surface area contributed by atoms with Gasteiger partial charge < -0.3 is 19.5 Å². The molecule has 0 aliphatic carbocycles. The molecule has 8 heteroatoms. The van der Waals surface area contributed by atoms with Crippen molar-refractivity contribution in [3.8, 4) is 23.3 Å². The van der Waals surface area contributed by atoms with Crippen LogP contribution >= 0.6 is 31.9 Å². The quantitative estimate of drug-likeness (QED) is 0.109. The van der Waals surface area contributed by atoms with Gasteiger partial charge in [-0.1, -0.05) is 70.5 Å². The molecule has 0 fully saturated rings.